The number of rotatable bonds is 5. The number of hydrogen-bond donors (Lipinski definition) is 1. The molecule has 6 nitrogen and oxygen atoms in total. The number of amides is 1. The number of hydrogen-bond acceptors (Lipinski definition) is 5. The van der Waals surface area contributed by atoms with E-state index >= 15 is 0 Å². The SMILES string of the molecule is CCN(C)C(=O)Oc1ccc2c(c1)NCC2CCC(=O)OC. The highest BCUT2D eigenvalue weighted by Crippen LogP contribution is 2.36. The average Bonchev–Trinajstić information content (AvgIpc) is 2.93. The number of esters is 1. The van der Waals surface area contributed by atoms with E-state index in [2.05, 4.69) is 10.1 Å². The molecule has 1 N–H and O–H groups in total. The first-order chi connectivity index (χ1) is 10.5. The van der Waals surface area contributed by atoms with Gasteiger partial charge in [-0.25, -0.2) is 4.79 Å². The second-order valence-corrected chi connectivity index (χ2v) is 5.32. The predicted octanol–water partition coefficient (Wildman–Crippen LogP) is 2.60. The van der Waals surface area contributed by atoms with Gasteiger partial charge < -0.3 is 19.7 Å². The number of benzene rings is 1. The molecule has 1 atom stereocenters. The minimum absolute atomic E-state index is 0.193. The summed E-state index contributed by atoms with van der Waals surface area (Å²) in [4.78, 5) is 24.5. The van der Waals surface area contributed by atoms with Gasteiger partial charge in [0.05, 0.1) is 7.11 Å². The van der Waals surface area contributed by atoms with Gasteiger partial charge in [-0.15, -0.1) is 0 Å². The van der Waals surface area contributed by atoms with Gasteiger partial charge >= 0.3 is 12.1 Å². The van der Waals surface area contributed by atoms with Crippen molar-refractivity contribution in [3.05, 3.63) is 23.8 Å². The van der Waals surface area contributed by atoms with Gasteiger partial charge in [0.1, 0.15) is 5.75 Å². The Morgan fingerprint density at radius 2 is 2.18 bits per heavy atom. The van der Waals surface area contributed by atoms with Gasteiger partial charge in [-0.2, -0.15) is 0 Å². The number of anilines is 1. The first-order valence-electron chi connectivity index (χ1n) is 7.42. The molecule has 0 spiro atoms. The third-order valence-electron chi connectivity index (χ3n) is 3.92. The molecule has 0 aromatic heterocycles. The van der Waals surface area contributed by atoms with E-state index in [0.717, 1.165) is 24.2 Å². The Morgan fingerprint density at radius 1 is 1.41 bits per heavy atom. The number of carbonyl (C=O) groups is 2. The molecule has 22 heavy (non-hydrogen) atoms. The van der Waals surface area contributed by atoms with Gasteiger partial charge in [-0.1, -0.05) is 6.07 Å². The van der Waals surface area contributed by atoms with E-state index in [-0.39, 0.29) is 18.0 Å². The molecule has 1 amide bonds. The van der Waals surface area contributed by atoms with Crippen LogP contribution in [-0.4, -0.2) is 44.2 Å². The molecule has 1 aliphatic rings. The zero-order valence-corrected chi connectivity index (χ0v) is 13.2. The van der Waals surface area contributed by atoms with Crippen LogP contribution in [-0.2, 0) is 9.53 Å². The van der Waals surface area contributed by atoms with Crippen LogP contribution < -0.4 is 10.1 Å². The molecule has 6 heteroatoms. The molecule has 2 rings (SSSR count). The number of carbonyl (C=O) groups excluding carboxylic acids is 2. The third-order valence-corrected chi connectivity index (χ3v) is 3.92. The van der Waals surface area contributed by atoms with Crippen LogP contribution in [0.5, 0.6) is 5.75 Å². The van der Waals surface area contributed by atoms with E-state index < -0.39 is 0 Å². The molecule has 0 aliphatic carbocycles. The summed E-state index contributed by atoms with van der Waals surface area (Å²) in [5.74, 6) is 0.601. The van der Waals surface area contributed by atoms with Crippen molar-refractivity contribution in [2.75, 3.05) is 32.6 Å². The molecule has 120 valence electrons. The second kappa shape index (κ2) is 7.15. The normalized spacial score (nSPS) is 15.7. The van der Waals surface area contributed by atoms with Gasteiger partial charge in [0, 0.05) is 44.2 Å². The van der Waals surface area contributed by atoms with Crippen LogP contribution in [0, 0.1) is 0 Å². The number of ether oxygens (including phenoxy) is 2. The fourth-order valence-corrected chi connectivity index (χ4v) is 2.41. The Kier molecular flexibility index (Phi) is 5.25. The molecule has 1 aliphatic heterocycles. The van der Waals surface area contributed by atoms with Gasteiger partial charge in [0.15, 0.2) is 0 Å². The maximum atomic E-state index is 11.8. The van der Waals surface area contributed by atoms with Crippen LogP contribution in [0.1, 0.15) is 31.2 Å². The number of nitrogens with one attached hydrogen (secondary N) is 1. The largest absolute Gasteiger partial charge is 0.469 e. The lowest BCUT2D eigenvalue weighted by atomic mass is 9.96. The first kappa shape index (κ1) is 16.1. The van der Waals surface area contributed by atoms with Crippen LogP contribution >= 0.6 is 0 Å². The van der Waals surface area contributed by atoms with Crippen molar-refractivity contribution in [3.8, 4) is 5.75 Å². The first-order valence-corrected chi connectivity index (χ1v) is 7.42. The van der Waals surface area contributed by atoms with Crippen molar-refractivity contribution < 1.29 is 19.1 Å². The van der Waals surface area contributed by atoms with Crippen molar-refractivity contribution in [2.24, 2.45) is 0 Å². The minimum Gasteiger partial charge on any atom is -0.469 e. The lowest BCUT2D eigenvalue weighted by molar-refractivity contribution is -0.140. The fourth-order valence-electron chi connectivity index (χ4n) is 2.41. The van der Waals surface area contributed by atoms with Crippen LogP contribution in [0.2, 0.25) is 0 Å². The molecule has 0 saturated carbocycles. The van der Waals surface area contributed by atoms with E-state index in [1.54, 1.807) is 13.1 Å². The summed E-state index contributed by atoms with van der Waals surface area (Å²) < 4.78 is 9.99. The van der Waals surface area contributed by atoms with Gasteiger partial charge in [0.25, 0.3) is 0 Å². The highest BCUT2D eigenvalue weighted by atomic mass is 16.6. The van der Waals surface area contributed by atoms with Crippen molar-refractivity contribution in [1.82, 2.24) is 4.90 Å². The van der Waals surface area contributed by atoms with Crippen molar-refractivity contribution in [1.29, 1.82) is 0 Å². The standard InChI is InChI=1S/C16H22N2O4/c1-4-18(2)16(20)22-12-6-7-13-11(5-8-15(19)21-3)10-17-14(13)9-12/h6-7,9,11,17H,4-5,8,10H2,1-3H3. The highest BCUT2D eigenvalue weighted by Gasteiger charge is 2.23. The maximum absolute atomic E-state index is 11.8. The highest BCUT2D eigenvalue weighted by molar-refractivity contribution is 5.72. The molecule has 0 fully saturated rings. The summed E-state index contributed by atoms with van der Waals surface area (Å²) in [7, 11) is 3.09. The van der Waals surface area contributed by atoms with Crippen molar-refractivity contribution in [3.63, 3.8) is 0 Å². The Morgan fingerprint density at radius 3 is 2.86 bits per heavy atom. The Hall–Kier alpha value is -2.24. The molecule has 0 radical (unpaired) electrons. The van der Waals surface area contributed by atoms with Gasteiger partial charge in [-0.3, -0.25) is 4.79 Å². The summed E-state index contributed by atoms with van der Waals surface area (Å²) in [6.45, 7) is 3.26. The maximum Gasteiger partial charge on any atom is 0.414 e. The molecule has 1 aromatic rings. The molecular formula is C16H22N2O4. The van der Waals surface area contributed by atoms with E-state index in [4.69, 9.17) is 4.74 Å². The van der Waals surface area contributed by atoms with Crippen LogP contribution in [0.25, 0.3) is 0 Å². The number of fused-ring (bicyclic) bond motifs is 1. The molecule has 0 bridgehead atoms. The predicted molar refractivity (Wildman–Crippen MR) is 83.3 cm³/mol. The quantitative estimate of drug-likeness (QED) is 0.847. The van der Waals surface area contributed by atoms with Crippen LogP contribution in [0.4, 0.5) is 10.5 Å². The lowest BCUT2D eigenvalue weighted by Crippen LogP contribution is -2.29. The Labute approximate surface area is 130 Å². The molecular weight excluding hydrogens is 284 g/mol. The lowest BCUT2D eigenvalue weighted by Gasteiger charge is -2.15. The number of nitrogens with zero attached hydrogens (tertiary/aromatic N) is 1. The van der Waals surface area contributed by atoms with Crippen LogP contribution in [0.3, 0.4) is 0 Å². The minimum atomic E-state index is -0.373. The Bertz CT molecular complexity index is 559. The monoisotopic (exact) mass is 306 g/mol. The van der Waals surface area contributed by atoms with E-state index in [9.17, 15) is 9.59 Å². The van der Waals surface area contributed by atoms with Gasteiger partial charge in [-0.05, 0) is 25.0 Å². The van der Waals surface area contributed by atoms with E-state index in [1.165, 1.54) is 12.0 Å². The number of methoxy groups -OCH3 is 1. The molecule has 1 unspecified atom stereocenters. The van der Waals surface area contributed by atoms with E-state index in [1.807, 2.05) is 19.1 Å². The topological polar surface area (TPSA) is 67.9 Å². The zero-order chi connectivity index (χ0) is 16.1. The summed E-state index contributed by atoms with van der Waals surface area (Å²) in [6, 6.07) is 5.57. The zero-order valence-electron chi connectivity index (χ0n) is 13.2. The summed E-state index contributed by atoms with van der Waals surface area (Å²) in [5, 5.41) is 3.29. The Balaban J connectivity index is 2.01. The second-order valence-electron chi connectivity index (χ2n) is 5.32. The smallest absolute Gasteiger partial charge is 0.414 e. The van der Waals surface area contributed by atoms with Crippen molar-refractivity contribution in [2.45, 2.75) is 25.7 Å². The third kappa shape index (κ3) is 3.69. The van der Waals surface area contributed by atoms with Crippen LogP contribution in [0.15, 0.2) is 18.2 Å². The molecule has 1 aromatic carbocycles. The van der Waals surface area contributed by atoms with Gasteiger partial charge in [0.2, 0.25) is 0 Å². The van der Waals surface area contributed by atoms with E-state index in [0.29, 0.717) is 18.7 Å². The summed E-state index contributed by atoms with van der Waals surface area (Å²) >= 11 is 0. The average molecular weight is 306 g/mol. The molecule has 1 heterocycles. The molecule has 0 saturated heterocycles. The summed E-state index contributed by atoms with van der Waals surface area (Å²) in [5.41, 5.74) is 2.10. The fraction of sp³-hybridized carbons (Fsp3) is 0.500. The van der Waals surface area contributed by atoms with Crippen molar-refractivity contribution >= 4 is 17.7 Å². The summed E-state index contributed by atoms with van der Waals surface area (Å²) in [6.07, 6.45) is 0.771.